The van der Waals surface area contributed by atoms with Gasteiger partial charge in [0.25, 0.3) is 0 Å². The van der Waals surface area contributed by atoms with Gasteiger partial charge in [-0.1, -0.05) is 166 Å². The highest BCUT2D eigenvalue weighted by Gasteiger charge is 2.38. The number of fused-ring (bicyclic) bond motifs is 7. The van der Waals surface area contributed by atoms with Crippen molar-refractivity contribution in [2.45, 2.75) is 46.5 Å². The number of hydrogen-bond acceptors (Lipinski definition) is 1. The molecule has 7 rings (SSSR count). The molecule has 0 amide bonds. The van der Waals surface area contributed by atoms with Gasteiger partial charge in [0, 0.05) is 25.6 Å². The molecule has 0 aliphatic heterocycles. The topological polar surface area (TPSA) is 0 Å². The molecule has 0 saturated heterocycles. The summed E-state index contributed by atoms with van der Waals surface area (Å²) < 4.78 is 2.70. The van der Waals surface area contributed by atoms with Gasteiger partial charge in [-0.05, 0) is 111 Å². The van der Waals surface area contributed by atoms with Crippen molar-refractivity contribution in [3.8, 4) is 0 Å². The van der Waals surface area contributed by atoms with Crippen molar-refractivity contribution in [1.82, 2.24) is 0 Å². The van der Waals surface area contributed by atoms with Crippen LogP contribution in [-0.2, 0) is 5.41 Å². The molecule has 0 spiro atoms. The third-order valence-electron chi connectivity index (χ3n) is 10.4. The van der Waals surface area contributed by atoms with E-state index < -0.39 is 0 Å². The standard InChI is InChI=1S/C51H46S/c1-7-9-22-35(3)38-24-15-12-13-16-25-39(41-27-19-18-26-40(38)41)36(4)23-14-10-11-17-29-43-46(8-2)51(5,6)47-32-31-37-33-49-45(34-44(37)50(43)47)42-28-20-21-30-48(42)52-49/h7-16,18-34H,4,17H2,1-3,5-6H3/b9-7-,11-10+,13-12?,15-12?,16-13?,23-14-,24-15?,25-16?,35-22+,38-24?,39-25?,40-38?,41-39?,43-29?,46-8+. The van der Waals surface area contributed by atoms with Crippen LogP contribution in [-0.4, -0.2) is 0 Å². The van der Waals surface area contributed by atoms with E-state index in [2.05, 4.69) is 198 Å². The van der Waals surface area contributed by atoms with Gasteiger partial charge in [0.05, 0.1) is 0 Å². The summed E-state index contributed by atoms with van der Waals surface area (Å²) in [6, 6.07) is 39.7. The molecule has 0 N–H and O–H groups in total. The van der Waals surface area contributed by atoms with Gasteiger partial charge in [-0.3, -0.25) is 0 Å². The van der Waals surface area contributed by atoms with E-state index in [-0.39, 0.29) is 5.41 Å². The van der Waals surface area contributed by atoms with E-state index in [1.54, 1.807) is 0 Å². The second-order valence-electron chi connectivity index (χ2n) is 14.0. The Morgan fingerprint density at radius 3 is 2.13 bits per heavy atom. The summed E-state index contributed by atoms with van der Waals surface area (Å²) in [7, 11) is 0. The minimum absolute atomic E-state index is 0.0586. The number of benzene rings is 4. The Morgan fingerprint density at radius 1 is 0.692 bits per heavy atom. The van der Waals surface area contributed by atoms with Gasteiger partial charge in [0.1, 0.15) is 0 Å². The van der Waals surface area contributed by atoms with Gasteiger partial charge in [0.15, 0.2) is 0 Å². The first-order chi connectivity index (χ1) is 25.3. The Balaban J connectivity index is 1.22. The number of allylic oxidation sites excluding steroid dienone is 13. The van der Waals surface area contributed by atoms with Crippen LogP contribution in [0.15, 0.2) is 176 Å². The molecule has 0 unspecified atom stereocenters. The molecular formula is C51H46S. The fourth-order valence-electron chi connectivity index (χ4n) is 7.82. The zero-order valence-corrected chi connectivity index (χ0v) is 31.7. The molecule has 5 aromatic carbocycles. The van der Waals surface area contributed by atoms with E-state index in [0.717, 1.165) is 17.6 Å². The average molecular weight is 691 g/mol. The first-order valence-electron chi connectivity index (χ1n) is 18.3. The van der Waals surface area contributed by atoms with Gasteiger partial charge < -0.3 is 0 Å². The van der Waals surface area contributed by atoms with Crippen LogP contribution in [0, 0.1) is 0 Å². The van der Waals surface area contributed by atoms with E-state index >= 15 is 0 Å². The average Bonchev–Trinajstić information content (AvgIpc) is 3.62. The van der Waals surface area contributed by atoms with Crippen molar-refractivity contribution in [3.05, 3.63) is 198 Å². The maximum absolute atomic E-state index is 4.53. The molecule has 1 aliphatic rings. The predicted molar refractivity (Wildman–Crippen MR) is 234 cm³/mol. The quantitative estimate of drug-likeness (QED) is 0.146. The van der Waals surface area contributed by atoms with Crippen molar-refractivity contribution in [3.63, 3.8) is 0 Å². The molecule has 52 heavy (non-hydrogen) atoms. The molecule has 1 aromatic heterocycles. The summed E-state index contributed by atoms with van der Waals surface area (Å²) in [5.41, 5.74) is 10.00. The maximum Gasteiger partial charge on any atom is 0.0361 e. The van der Waals surface area contributed by atoms with Gasteiger partial charge in [-0.2, -0.15) is 0 Å². The van der Waals surface area contributed by atoms with Crippen LogP contribution < -0.4 is 0 Å². The second kappa shape index (κ2) is 15.0. The van der Waals surface area contributed by atoms with Crippen molar-refractivity contribution in [1.29, 1.82) is 0 Å². The predicted octanol–water partition coefficient (Wildman–Crippen LogP) is 15.3. The van der Waals surface area contributed by atoms with E-state index in [1.807, 2.05) is 18.3 Å². The Kier molecular flexibility index (Phi) is 10.1. The summed E-state index contributed by atoms with van der Waals surface area (Å²) in [5.74, 6) is 0. The van der Waals surface area contributed by atoms with Crippen molar-refractivity contribution in [2.24, 2.45) is 0 Å². The lowest BCUT2D eigenvalue weighted by molar-refractivity contribution is 0.660. The van der Waals surface area contributed by atoms with Crippen molar-refractivity contribution < 1.29 is 0 Å². The summed E-state index contributed by atoms with van der Waals surface area (Å²) >= 11 is 1.89. The van der Waals surface area contributed by atoms with Gasteiger partial charge >= 0.3 is 0 Å². The highest BCUT2D eigenvalue weighted by molar-refractivity contribution is 7.25. The maximum atomic E-state index is 4.53. The largest absolute Gasteiger partial charge is 0.135 e. The molecule has 0 saturated carbocycles. The lowest BCUT2D eigenvalue weighted by Gasteiger charge is -2.21. The molecule has 0 radical (unpaired) electrons. The SMILES string of the molecule is C=C(/C=C\C=C\CC=C1/C(=C\C)C(C)(C)c2ccc3cc4sc5ccccc5c4cc3c21)c1ccccccc(/C(C)=C/C=C\C)c2ccccc12. The summed E-state index contributed by atoms with van der Waals surface area (Å²) in [6.45, 7) is 15.7. The van der Waals surface area contributed by atoms with Crippen molar-refractivity contribution >= 4 is 69.8 Å². The number of hydrogen-bond donors (Lipinski definition) is 0. The molecule has 0 bridgehead atoms. The molecular weight excluding hydrogens is 645 g/mol. The van der Waals surface area contributed by atoms with Crippen LogP contribution in [0.4, 0.5) is 0 Å². The van der Waals surface area contributed by atoms with E-state index in [1.165, 1.54) is 75.1 Å². The minimum Gasteiger partial charge on any atom is -0.135 e. The van der Waals surface area contributed by atoms with E-state index in [9.17, 15) is 0 Å². The first kappa shape index (κ1) is 34.9. The molecule has 0 fully saturated rings. The lowest BCUT2D eigenvalue weighted by Crippen LogP contribution is -2.14. The molecule has 6 aromatic rings. The Hall–Kier alpha value is -5.50. The summed E-state index contributed by atoms with van der Waals surface area (Å²) in [6.07, 6.45) is 20.6. The minimum atomic E-state index is -0.0586. The van der Waals surface area contributed by atoms with Crippen LogP contribution in [0.5, 0.6) is 0 Å². The summed E-state index contributed by atoms with van der Waals surface area (Å²) in [4.78, 5) is 0. The summed E-state index contributed by atoms with van der Waals surface area (Å²) in [5, 5.41) is 7.72. The Bertz CT molecular complexity index is 2600. The van der Waals surface area contributed by atoms with Crippen LogP contribution in [0.1, 0.15) is 63.3 Å². The third kappa shape index (κ3) is 6.54. The zero-order chi connectivity index (χ0) is 36.2. The first-order valence-corrected chi connectivity index (χ1v) is 19.1. The molecule has 1 heteroatoms. The fourth-order valence-corrected chi connectivity index (χ4v) is 8.96. The normalized spacial score (nSPS) is 16.1. The molecule has 1 aliphatic carbocycles. The van der Waals surface area contributed by atoms with Crippen LogP contribution in [0.3, 0.4) is 0 Å². The van der Waals surface area contributed by atoms with E-state index in [4.69, 9.17) is 0 Å². The van der Waals surface area contributed by atoms with Crippen molar-refractivity contribution in [2.75, 3.05) is 0 Å². The van der Waals surface area contributed by atoms with Gasteiger partial charge in [-0.15, -0.1) is 11.3 Å². The monoisotopic (exact) mass is 690 g/mol. The van der Waals surface area contributed by atoms with Crippen LogP contribution >= 0.6 is 11.3 Å². The molecule has 256 valence electrons. The number of thiophene rings is 1. The Labute approximate surface area is 313 Å². The van der Waals surface area contributed by atoms with Gasteiger partial charge in [-0.25, -0.2) is 0 Å². The highest BCUT2D eigenvalue weighted by Crippen LogP contribution is 2.53. The zero-order valence-electron chi connectivity index (χ0n) is 30.9. The van der Waals surface area contributed by atoms with Gasteiger partial charge in [0.2, 0.25) is 0 Å². The molecule has 0 atom stereocenters. The number of rotatable bonds is 7. The highest BCUT2D eigenvalue weighted by atomic mass is 32.1. The lowest BCUT2D eigenvalue weighted by atomic mass is 9.82. The van der Waals surface area contributed by atoms with E-state index in [0.29, 0.717) is 0 Å². The Morgan fingerprint density at radius 2 is 1.38 bits per heavy atom. The third-order valence-corrected chi connectivity index (χ3v) is 11.5. The van der Waals surface area contributed by atoms with Crippen LogP contribution in [0.2, 0.25) is 0 Å². The smallest absolute Gasteiger partial charge is 0.0361 e. The second-order valence-corrected chi connectivity index (χ2v) is 15.1. The van der Waals surface area contributed by atoms with Crippen LogP contribution in [0.25, 0.3) is 58.4 Å². The molecule has 1 heterocycles. The fraction of sp³-hybridized carbons (Fsp3) is 0.137. The molecule has 0 nitrogen and oxygen atoms in total.